The van der Waals surface area contributed by atoms with Gasteiger partial charge >= 0.3 is 0 Å². The molecule has 27 heavy (non-hydrogen) atoms. The molecule has 0 radical (unpaired) electrons. The van der Waals surface area contributed by atoms with Gasteiger partial charge in [-0.15, -0.1) is 0 Å². The van der Waals surface area contributed by atoms with Crippen molar-refractivity contribution in [2.75, 3.05) is 25.1 Å². The second-order valence-electron chi connectivity index (χ2n) is 7.06. The fourth-order valence-electron chi connectivity index (χ4n) is 3.01. The van der Waals surface area contributed by atoms with Gasteiger partial charge in [0.1, 0.15) is 18.1 Å². The Morgan fingerprint density at radius 3 is 2.56 bits per heavy atom. The molecule has 2 aromatic rings. The lowest BCUT2D eigenvalue weighted by Crippen LogP contribution is -2.12. The maximum Gasteiger partial charge on any atom is 0.122 e. The molecule has 148 valence electrons. The molecule has 0 heterocycles. The average molecular weight is 370 g/mol. The molecule has 2 aromatic carbocycles. The van der Waals surface area contributed by atoms with Crippen molar-refractivity contribution in [1.82, 2.24) is 0 Å². The Labute approximate surface area is 165 Å². The van der Waals surface area contributed by atoms with E-state index in [1.807, 2.05) is 18.2 Å². The summed E-state index contributed by atoms with van der Waals surface area (Å²) in [5, 5.41) is 3.42. The largest absolute Gasteiger partial charge is 0.494 e. The van der Waals surface area contributed by atoms with Crippen molar-refractivity contribution in [2.24, 2.45) is 0 Å². The first kappa shape index (κ1) is 21.1. The number of ether oxygens (including phenoxy) is 2. The van der Waals surface area contributed by atoms with Crippen LogP contribution in [0.4, 0.5) is 5.69 Å². The maximum atomic E-state index is 6.02. The molecule has 3 nitrogen and oxygen atoms in total. The number of hydrogen-bond donors (Lipinski definition) is 1. The van der Waals surface area contributed by atoms with E-state index in [-0.39, 0.29) is 0 Å². The van der Waals surface area contributed by atoms with Crippen LogP contribution < -0.4 is 14.8 Å². The van der Waals surface area contributed by atoms with Gasteiger partial charge in [0.15, 0.2) is 0 Å². The van der Waals surface area contributed by atoms with Crippen molar-refractivity contribution in [3.8, 4) is 11.5 Å². The molecule has 0 saturated carbocycles. The number of para-hydroxylation sites is 1. The molecule has 1 atom stereocenters. The molecule has 3 heteroatoms. The van der Waals surface area contributed by atoms with E-state index in [0.29, 0.717) is 12.5 Å². The van der Waals surface area contributed by atoms with Crippen LogP contribution in [0.5, 0.6) is 11.5 Å². The van der Waals surface area contributed by atoms with Crippen LogP contribution in [-0.4, -0.2) is 19.8 Å². The van der Waals surface area contributed by atoms with Crippen molar-refractivity contribution in [3.63, 3.8) is 0 Å². The summed E-state index contributed by atoms with van der Waals surface area (Å²) in [7, 11) is 0. The Bertz CT molecular complexity index is 656. The summed E-state index contributed by atoms with van der Waals surface area (Å²) < 4.78 is 11.9. The van der Waals surface area contributed by atoms with Crippen LogP contribution in [0, 0.1) is 0 Å². The molecule has 0 aliphatic heterocycles. The molecular weight excluding hydrogens is 334 g/mol. The third-order valence-corrected chi connectivity index (χ3v) is 4.85. The lowest BCUT2D eigenvalue weighted by atomic mass is 9.98. The zero-order chi connectivity index (χ0) is 19.3. The summed E-state index contributed by atoms with van der Waals surface area (Å²) in [6.45, 7) is 8.86. The van der Waals surface area contributed by atoms with E-state index in [0.717, 1.165) is 43.2 Å². The van der Waals surface area contributed by atoms with Gasteiger partial charge < -0.3 is 14.8 Å². The summed E-state index contributed by atoms with van der Waals surface area (Å²) in [6.07, 6.45) is 6.01. The van der Waals surface area contributed by atoms with E-state index in [2.05, 4.69) is 56.4 Å². The number of unbranched alkanes of at least 4 members (excludes halogenated alkanes) is 3. The third-order valence-electron chi connectivity index (χ3n) is 4.85. The van der Waals surface area contributed by atoms with Crippen LogP contribution in [0.25, 0.3) is 0 Å². The molecule has 0 saturated heterocycles. The second-order valence-corrected chi connectivity index (χ2v) is 7.06. The van der Waals surface area contributed by atoms with Gasteiger partial charge in [0, 0.05) is 18.3 Å². The molecule has 0 fully saturated rings. The molecular formula is C24H35NO2. The summed E-state index contributed by atoms with van der Waals surface area (Å²) in [6, 6.07) is 16.5. The highest BCUT2D eigenvalue weighted by Crippen LogP contribution is 2.28. The van der Waals surface area contributed by atoms with Crippen LogP contribution in [0.15, 0.2) is 48.5 Å². The fraction of sp³-hybridized carbons (Fsp3) is 0.500. The molecule has 0 aliphatic carbocycles. The van der Waals surface area contributed by atoms with Gasteiger partial charge in [-0.3, -0.25) is 0 Å². The minimum atomic E-state index is 0.514. The monoisotopic (exact) mass is 369 g/mol. The fourth-order valence-corrected chi connectivity index (χ4v) is 3.01. The SMILES string of the molecule is CCCCCCOc1cccc(NCCOc2ccccc2C(C)CC)c1. The highest BCUT2D eigenvalue weighted by Gasteiger charge is 2.09. The molecule has 0 aliphatic rings. The summed E-state index contributed by atoms with van der Waals surface area (Å²) >= 11 is 0. The van der Waals surface area contributed by atoms with Gasteiger partial charge in [0.25, 0.3) is 0 Å². The summed E-state index contributed by atoms with van der Waals surface area (Å²) in [5.74, 6) is 2.44. The summed E-state index contributed by atoms with van der Waals surface area (Å²) in [4.78, 5) is 0. The van der Waals surface area contributed by atoms with Crippen molar-refractivity contribution in [2.45, 2.75) is 58.8 Å². The highest BCUT2D eigenvalue weighted by molar-refractivity contribution is 5.48. The lowest BCUT2D eigenvalue weighted by molar-refractivity contribution is 0.305. The molecule has 0 amide bonds. The van der Waals surface area contributed by atoms with Crippen molar-refractivity contribution < 1.29 is 9.47 Å². The zero-order valence-corrected chi connectivity index (χ0v) is 17.2. The first-order chi connectivity index (χ1) is 13.2. The second kappa shape index (κ2) is 12.3. The minimum Gasteiger partial charge on any atom is -0.494 e. The minimum absolute atomic E-state index is 0.514. The zero-order valence-electron chi connectivity index (χ0n) is 17.2. The van der Waals surface area contributed by atoms with Gasteiger partial charge in [-0.2, -0.15) is 0 Å². The van der Waals surface area contributed by atoms with Gasteiger partial charge in [-0.05, 0) is 42.5 Å². The van der Waals surface area contributed by atoms with Crippen molar-refractivity contribution >= 4 is 5.69 Å². The lowest BCUT2D eigenvalue weighted by Gasteiger charge is -2.16. The number of rotatable bonds is 13. The van der Waals surface area contributed by atoms with Crippen molar-refractivity contribution in [3.05, 3.63) is 54.1 Å². The number of anilines is 1. The van der Waals surface area contributed by atoms with Crippen molar-refractivity contribution in [1.29, 1.82) is 0 Å². The van der Waals surface area contributed by atoms with Crippen LogP contribution in [-0.2, 0) is 0 Å². The predicted molar refractivity (Wildman–Crippen MR) is 115 cm³/mol. The molecule has 0 spiro atoms. The summed E-state index contributed by atoms with van der Waals surface area (Å²) in [5.41, 5.74) is 2.36. The average Bonchev–Trinajstić information content (AvgIpc) is 2.71. The Morgan fingerprint density at radius 2 is 1.74 bits per heavy atom. The molecule has 1 unspecified atom stereocenters. The number of hydrogen-bond acceptors (Lipinski definition) is 3. The highest BCUT2D eigenvalue weighted by atomic mass is 16.5. The van der Waals surface area contributed by atoms with E-state index in [9.17, 15) is 0 Å². The van der Waals surface area contributed by atoms with E-state index >= 15 is 0 Å². The van der Waals surface area contributed by atoms with Crippen LogP contribution >= 0.6 is 0 Å². The first-order valence-corrected chi connectivity index (χ1v) is 10.4. The molecule has 0 bridgehead atoms. The first-order valence-electron chi connectivity index (χ1n) is 10.4. The Hall–Kier alpha value is -2.16. The predicted octanol–water partition coefficient (Wildman–Crippen LogP) is 6.65. The quantitative estimate of drug-likeness (QED) is 0.401. The number of benzene rings is 2. The van der Waals surface area contributed by atoms with E-state index in [4.69, 9.17) is 9.47 Å². The van der Waals surface area contributed by atoms with Gasteiger partial charge in [0.2, 0.25) is 0 Å². The van der Waals surface area contributed by atoms with Gasteiger partial charge in [-0.25, -0.2) is 0 Å². The molecule has 1 N–H and O–H groups in total. The Kier molecular flexibility index (Phi) is 9.61. The van der Waals surface area contributed by atoms with Crippen LogP contribution in [0.3, 0.4) is 0 Å². The van der Waals surface area contributed by atoms with E-state index in [1.165, 1.54) is 24.8 Å². The van der Waals surface area contributed by atoms with Crippen LogP contribution in [0.1, 0.15) is 64.4 Å². The normalized spacial score (nSPS) is 11.8. The number of nitrogens with one attached hydrogen (secondary N) is 1. The topological polar surface area (TPSA) is 30.5 Å². The molecule has 2 rings (SSSR count). The van der Waals surface area contributed by atoms with Gasteiger partial charge in [0.05, 0.1) is 6.61 Å². The molecule has 0 aromatic heterocycles. The smallest absolute Gasteiger partial charge is 0.122 e. The Morgan fingerprint density at radius 1 is 0.889 bits per heavy atom. The van der Waals surface area contributed by atoms with E-state index < -0.39 is 0 Å². The maximum absolute atomic E-state index is 6.02. The van der Waals surface area contributed by atoms with E-state index in [1.54, 1.807) is 0 Å². The van der Waals surface area contributed by atoms with Gasteiger partial charge in [-0.1, -0.05) is 64.3 Å². The van der Waals surface area contributed by atoms with Crippen LogP contribution in [0.2, 0.25) is 0 Å². The standard InChI is InChI=1S/C24H35NO2/c1-4-6-7-10-17-26-22-13-11-12-21(19-22)25-16-18-27-24-15-9-8-14-23(24)20(3)5-2/h8-9,11-15,19-20,25H,4-7,10,16-18H2,1-3H3. The Balaban J connectivity index is 1.75. The third kappa shape index (κ3) is 7.54.